The number of furan rings is 1. The van der Waals surface area contributed by atoms with Crippen LogP contribution in [-0.4, -0.2) is 9.97 Å². The molecule has 7 heteroatoms. The Kier molecular flexibility index (Phi) is 4.24. The van der Waals surface area contributed by atoms with Gasteiger partial charge in [-0.25, -0.2) is 9.97 Å². The van der Waals surface area contributed by atoms with E-state index in [0.29, 0.717) is 23.9 Å². The lowest BCUT2D eigenvalue weighted by atomic mass is 10.3. The van der Waals surface area contributed by atoms with Gasteiger partial charge >= 0.3 is 0 Å². The molecule has 0 fully saturated rings. The van der Waals surface area contributed by atoms with Crippen molar-refractivity contribution in [2.24, 2.45) is 0 Å². The predicted molar refractivity (Wildman–Crippen MR) is 89.9 cm³/mol. The monoisotopic (exact) mass is 359 g/mol. The van der Waals surface area contributed by atoms with Crippen LogP contribution in [0.25, 0.3) is 0 Å². The first-order valence-corrected chi connectivity index (χ1v) is 7.41. The molecule has 1 aromatic carbocycles. The number of hydrogen-bond donors (Lipinski definition) is 3. The second-order valence-electron chi connectivity index (χ2n) is 4.55. The van der Waals surface area contributed by atoms with E-state index >= 15 is 0 Å². The van der Waals surface area contributed by atoms with E-state index in [1.165, 1.54) is 6.33 Å². The topological polar surface area (TPSA) is 89.0 Å². The fourth-order valence-corrected chi connectivity index (χ4v) is 2.15. The maximum Gasteiger partial charge on any atom is 0.159 e. The van der Waals surface area contributed by atoms with Crippen LogP contribution in [0.4, 0.5) is 23.0 Å². The van der Waals surface area contributed by atoms with Gasteiger partial charge in [-0.05, 0) is 36.4 Å². The van der Waals surface area contributed by atoms with Gasteiger partial charge in [-0.2, -0.15) is 0 Å². The van der Waals surface area contributed by atoms with Gasteiger partial charge < -0.3 is 20.8 Å². The number of nitrogens with two attached hydrogens (primary N) is 1. The number of nitrogen functional groups attached to an aromatic ring is 1. The molecular formula is C15H14BrN5O. The maximum absolute atomic E-state index is 6.11. The summed E-state index contributed by atoms with van der Waals surface area (Å²) in [6.45, 7) is 0.506. The molecule has 112 valence electrons. The number of nitrogens with zero attached hydrogens (tertiary/aromatic N) is 2. The number of hydrogen-bond acceptors (Lipinski definition) is 6. The smallest absolute Gasteiger partial charge is 0.159 e. The highest BCUT2D eigenvalue weighted by Gasteiger charge is 2.08. The summed E-state index contributed by atoms with van der Waals surface area (Å²) in [5.74, 6) is 1.92. The molecule has 0 spiro atoms. The number of halogens is 1. The first-order chi connectivity index (χ1) is 10.7. The highest BCUT2D eigenvalue weighted by atomic mass is 79.9. The van der Waals surface area contributed by atoms with E-state index in [-0.39, 0.29) is 0 Å². The third-order valence-corrected chi connectivity index (χ3v) is 3.53. The summed E-state index contributed by atoms with van der Waals surface area (Å²) in [4.78, 5) is 8.34. The minimum atomic E-state index is 0.456. The van der Waals surface area contributed by atoms with E-state index < -0.39 is 0 Å². The summed E-state index contributed by atoms with van der Waals surface area (Å²) in [5, 5.41) is 6.31. The van der Waals surface area contributed by atoms with Crippen molar-refractivity contribution < 1.29 is 4.42 Å². The number of aromatic nitrogens is 2. The van der Waals surface area contributed by atoms with Crippen LogP contribution in [0.15, 0.2) is 57.9 Å². The molecule has 0 atom stereocenters. The summed E-state index contributed by atoms with van der Waals surface area (Å²) in [6.07, 6.45) is 3.09. The van der Waals surface area contributed by atoms with Crippen LogP contribution in [0.5, 0.6) is 0 Å². The summed E-state index contributed by atoms with van der Waals surface area (Å²) in [7, 11) is 0. The van der Waals surface area contributed by atoms with E-state index in [0.717, 1.165) is 15.9 Å². The largest absolute Gasteiger partial charge is 0.467 e. The molecule has 0 aliphatic rings. The zero-order valence-electron chi connectivity index (χ0n) is 11.6. The van der Waals surface area contributed by atoms with E-state index in [2.05, 4.69) is 36.5 Å². The Morgan fingerprint density at radius 2 is 1.86 bits per heavy atom. The molecule has 2 heterocycles. The molecule has 6 nitrogen and oxygen atoms in total. The molecule has 0 amide bonds. The fraction of sp³-hybridized carbons (Fsp3) is 0.0667. The Morgan fingerprint density at radius 1 is 1.09 bits per heavy atom. The van der Waals surface area contributed by atoms with Gasteiger partial charge in [0.15, 0.2) is 11.6 Å². The van der Waals surface area contributed by atoms with Gasteiger partial charge in [0.05, 0.1) is 12.8 Å². The van der Waals surface area contributed by atoms with Gasteiger partial charge in [-0.15, -0.1) is 0 Å². The summed E-state index contributed by atoms with van der Waals surface area (Å²) in [6, 6.07) is 11.5. The van der Waals surface area contributed by atoms with Crippen molar-refractivity contribution in [1.29, 1.82) is 0 Å². The van der Waals surface area contributed by atoms with Gasteiger partial charge in [0, 0.05) is 10.2 Å². The molecule has 0 saturated carbocycles. The Balaban J connectivity index is 1.75. The molecule has 0 bridgehead atoms. The van der Waals surface area contributed by atoms with Gasteiger partial charge in [-0.1, -0.05) is 15.9 Å². The molecule has 4 N–H and O–H groups in total. The molecule has 3 aromatic rings. The summed E-state index contributed by atoms with van der Waals surface area (Å²) < 4.78 is 6.27. The van der Waals surface area contributed by atoms with Gasteiger partial charge in [0.25, 0.3) is 0 Å². The lowest BCUT2D eigenvalue weighted by Crippen LogP contribution is -2.07. The minimum Gasteiger partial charge on any atom is -0.467 e. The zero-order valence-corrected chi connectivity index (χ0v) is 13.2. The average Bonchev–Trinajstić information content (AvgIpc) is 3.04. The highest BCUT2D eigenvalue weighted by Crippen LogP contribution is 2.26. The Bertz CT molecular complexity index is 743. The van der Waals surface area contributed by atoms with Crippen LogP contribution in [0.2, 0.25) is 0 Å². The molecule has 2 aromatic heterocycles. The summed E-state index contributed by atoms with van der Waals surface area (Å²) in [5.41, 5.74) is 7.46. The van der Waals surface area contributed by atoms with Crippen molar-refractivity contribution in [3.05, 3.63) is 59.2 Å². The van der Waals surface area contributed by atoms with Crippen LogP contribution < -0.4 is 16.4 Å². The van der Waals surface area contributed by atoms with Crippen LogP contribution in [0.3, 0.4) is 0 Å². The quantitative estimate of drug-likeness (QED) is 0.642. The minimum absolute atomic E-state index is 0.456. The molecule has 0 saturated heterocycles. The number of rotatable bonds is 5. The zero-order chi connectivity index (χ0) is 15.4. The Morgan fingerprint density at radius 3 is 2.59 bits per heavy atom. The predicted octanol–water partition coefficient (Wildman–Crippen LogP) is 3.77. The molecule has 0 aliphatic heterocycles. The normalized spacial score (nSPS) is 10.4. The van der Waals surface area contributed by atoms with Gasteiger partial charge in [0.1, 0.15) is 17.8 Å². The lowest BCUT2D eigenvalue weighted by Gasteiger charge is -2.12. The van der Waals surface area contributed by atoms with Crippen molar-refractivity contribution in [1.82, 2.24) is 9.97 Å². The SMILES string of the molecule is Nc1c(NCc2ccco2)ncnc1Nc1ccc(Br)cc1. The maximum atomic E-state index is 6.11. The second-order valence-corrected chi connectivity index (χ2v) is 5.47. The molecule has 0 aliphatic carbocycles. The van der Waals surface area contributed by atoms with E-state index in [1.807, 2.05) is 36.4 Å². The van der Waals surface area contributed by atoms with E-state index in [9.17, 15) is 0 Å². The van der Waals surface area contributed by atoms with Crippen LogP contribution in [0.1, 0.15) is 5.76 Å². The Hall–Kier alpha value is -2.54. The van der Waals surface area contributed by atoms with Gasteiger partial charge in [0.2, 0.25) is 0 Å². The number of nitrogens with one attached hydrogen (secondary N) is 2. The van der Waals surface area contributed by atoms with Crippen LogP contribution in [-0.2, 0) is 6.54 Å². The van der Waals surface area contributed by atoms with E-state index in [4.69, 9.17) is 10.2 Å². The van der Waals surface area contributed by atoms with Crippen molar-refractivity contribution >= 4 is 38.9 Å². The van der Waals surface area contributed by atoms with Gasteiger partial charge in [-0.3, -0.25) is 0 Å². The van der Waals surface area contributed by atoms with E-state index in [1.54, 1.807) is 6.26 Å². The van der Waals surface area contributed by atoms with Crippen molar-refractivity contribution in [2.75, 3.05) is 16.4 Å². The molecule has 3 rings (SSSR count). The Labute approximate surface area is 135 Å². The first kappa shape index (κ1) is 14.4. The number of anilines is 4. The van der Waals surface area contributed by atoms with Crippen molar-refractivity contribution in [3.63, 3.8) is 0 Å². The van der Waals surface area contributed by atoms with Crippen molar-refractivity contribution in [2.45, 2.75) is 6.54 Å². The first-order valence-electron chi connectivity index (χ1n) is 6.61. The fourth-order valence-electron chi connectivity index (χ4n) is 1.89. The number of benzene rings is 1. The molecular weight excluding hydrogens is 346 g/mol. The molecule has 0 radical (unpaired) electrons. The average molecular weight is 360 g/mol. The highest BCUT2D eigenvalue weighted by molar-refractivity contribution is 9.10. The van der Waals surface area contributed by atoms with Crippen LogP contribution in [0, 0.1) is 0 Å². The van der Waals surface area contributed by atoms with Crippen molar-refractivity contribution in [3.8, 4) is 0 Å². The standard InChI is InChI=1S/C15H14BrN5O/c16-10-3-5-11(6-4-10)21-15-13(17)14(19-9-20-15)18-8-12-2-1-7-22-12/h1-7,9H,8,17H2,(H2,18,19,20,21). The third-order valence-electron chi connectivity index (χ3n) is 3.00. The molecule has 0 unspecified atom stereocenters. The molecule has 22 heavy (non-hydrogen) atoms. The second kappa shape index (κ2) is 6.48. The third kappa shape index (κ3) is 3.37. The summed E-state index contributed by atoms with van der Waals surface area (Å²) >= 11 is 3.40. The van der Waals surface area contributed by atoms with Crippen LogP contribution >= 0.6 is 15.9 Å². The lowest BCUT2D eigenvalue weighted by molar-refractivity contribution is 0.518.